The number of likely N-dealkylation sites (tertiary alicyclic amines) is 1. The van der Waals surface area contributed by atoms with Crippen molar-refractivity contribution in [2.45, 2.75) is 25.6 Å². The lowest BCUT2D eigenvalue weighted by molar-refractivity contribution is -0.145. The normalized spacial score (nSPS) is 15.7. The van der Waals surface area contributed by atoms with Crippen LogP contribution >= 0.6 is 0 Å². The molecule has 8 heteroatoms. The molecule has 1 aromatic rings. The Morgan fingerprint density at radius 3 is 2.35 bits per heavy atom. The Kier molecular flexibility index (Phi) is 3.74. The van der Waals surface area contributed by atoms with Gasteiger partial charge in [0.25, 0.3) is 0 Å². The number of carboxylic acid groups (broad SMARTS) is 1. The number of hydrogen-bond donors (Lipinski definition) is 1. The van der Waals surface area contributed by atoms with Crippen LogP contribution < -0.4 is 0 Å². The van der Waals surface area contributed by atoms with E-state index in [1.54, 1.807) is 0 Å². The Balaban J connectivity index is 2.27. The smallest absolute Gasteiger partial charge is 0.432 e. The van der Waals surface area contributed by atoms with Gasteiger partial charge in [-0.2, -0.15) is 13.2 Å². The van der Waals surface area contributed by atoms with Gasteiger partial charge in [0, 0.05) is 19.3 Å². The second kappa shape index (κ2) is 5.18. The highest BCUT2D eigenvalue weighted by molar-refractivity contribution is 5.89. The molecule has 2 rings (SSSR count). The number of halogens is 3. The van der Waals surface area contributed by atoms with Crippen LogP contribution in [0.2, 0.25) is 0 Å². The first-order valence-corrected chi connectivity index (χ1v) is 6.08. The number of hydrogen-bond acceptors (Lipinski definition) is 2. The number of nitrogens with zero attached hydrogens (tertiary/aromatic N) is 2. The lowest BCUT2D eigenvalue weighted by atomic mass is 10.2. The van der Waals surface area contributed by atoms with Crippen molar-refractivity contribution in [1.82, 2.24) is 9.47 Å². The molecule has 0 aliphatic carbocycles. The molecule has 0 saturated carbocycles. The van der Waals surface area contributed by atoms with Crippen LogP contribution in [-0.4, -0.2) is 39.5 Å². The molecule has 1 aliphatic heterocycles. The van der Waals surface area contributed by atoms with E-state index in [-0.39, 0.29) is 0 Å². The molecule has 20 heavy (non-hydrogen) atoms. The summed E-state index contributed by atoms with van der Waals surface area (Å²) in [5.74, 6) is -2.09. The van der Waals surface area contributed by atoms with Crippen molar-refractivity contribution in [2.75, 3.05) is 13.1 Å². The van der Waals surface area contributed by atoms with Crippen molar-refractivity contribution >= 4 is 11.9 Å². The summed E-state index contributed by atoms with van der Waals surface area (Å²) in [4.78, 5) is 24.2. The van der Waals surface area contributed by atoms with E-state index in [2.05, 4.69) is 0 Å². The summed E-state index contributed by atoms with van der Waals surface area (Å²) in [5.41, 5.74) is -2.13. The van der Waals surface area contributed by atoms with E-state index >= 15 is 0 Å². The summed E-state index contributed by atoms with van der Waals surface area (Å²) < 4.78 is 39.4. The maximum Gasteiger partial charge on any atom is 0.432 e. The average molecular weight is 290 g/mol. The van der Waals surface area contributed by atoms with Crippen molar-refractivity contribution in [3.05, 3.63) is 23.5 Å². The fourth-order valence-corrected chi connectivity index (χ4v) is 2.30. The number of carbonyl (C=O) groups is 2. The molecule has 1 aliphatic rings. The number of alkyl halides is 3. The molecule has 0 spiro atoms. The van der Waals surface area contributed by atoms with Gasteiger partial charge in [-0.1, -0.05) is 0 Å². The van der Waals surface area contributed by atoms with Crippen LogP contribution in [0.3, 0.4) is 0 Å². The zero-order valence-corrected chi connectivity index (χ0v) is 10.5. The lowest BCUT2D eigenvalue weighted by Gasteiger charge is -2.18. The van der Waals surface area contributed by atoms with Gasteiger partial charge < -0.3 is 14.6 Å². The number of amides is 1. The zero-order chi connectivity index (χ0) is 14.9. The summed E-state index contributed by atoms with van der Waals surface area (Å²) >= 11 is 0. The minimum Gasteiger partial charge on any atom is -0.478 e. The molecule has 0 unspecified atom stereocenters. The molecule has 1 N–H and O–H groups in total. The Hall–Kier alpha value is -1.99. The summed E-state index contributed by atoms with van der Waals surface area (Å²) in [6, 6.07) is 0.864. The first-order chi connectivity index (χ1) is 9.30. The lowest BCUT2D eigenvalue weighted by Crippen LogP contribution is -2.32. The number of carbonyl (C=O) groups excluding carboxylic acids is 1. The Morgan fingerprint density at radius 2 is 1.85 bits per heavy atom. The van der Waals surface area contributed by atoms with E-state index in [0.717, 1.165) is 25.1 Å². The molecule has 0 aromatic carbocycles. The van der Waals surface area contributed by atoms with Crippen LogP contribution in [0.15, 0.2) is 12.3 Å². The van der Waals surface area contributed by atoms with E-state index in [1.807, 2.05) is 0 Å². The van der Waals surface area contributed by atoms with Crippen molar-refractivity contribution < 1.29 is 27.9 Å². The number of rotatable bonds is 3. The van der Waals surface area contributed by atoms with E-state index in [4.69, 9.17) is 5.11 Å². The van der Waals surface area contributed by atoms with E-state index in [1.165, 1.54) is 4.90 Å². The minimum atomic E-state index is -4.82. The Bertz CT molecular complexity index is 531. The first kappa shape index (κ1) is 14.4. The number of aromatic carboxylic acids is 1. The third-order valence-electron chi connectivity index (χ3n) is 3.23. The van der Waals surface area contributed by atoms with Gasteiger partial charge in [-0.25, -0.2) is 4.79 Å². The van der Waals surface area contributed by atoms with Gasteiger partial charge in [0.05, 0.1) is 5.56 Å². The standard InChI is InChI=1S/C12H13F3N2O3/c13-12(14,15)10-8(11(19)20)3-6-17(10)7-9(18)16-4-1-2-5-16/h3,6H,1-2,4-5,7H2,(H,19,20). The van der Waals surface area contributed by atoms with Gasteiger partial charge in [0.15, 0.2) is 0 Å². The molecule has 110 valence electrons. The molecule has 0 radical (unpaired) electrons. The predicted molar refractivity (Wildman–Crippen MR) is 62.2 cm³/mol. The molecule has 0 atom stereocenters. The molecule has 2 heterocycles. The van der Waals surface area contributed by atoms with Crippen molar-refractivity contribution in [1.29, 1.82) is 0 Å². The molecular formula is C12H13F3N2O3. The maximum atomic E-state index is 12.9. The predicted octanol–water partition coefficient (Wildman–Crippen LogP) is 1.83. The average Bonchev–Trinajstić information content (AvgIpc) is 2.95. The van der Waals surface area contributed by atoms with Crippen molar-refractivity contribution in [2.24, 2.45) is 0 Å². The molecule has 1 aromatic heterocycles. The highest BCUT2D eigenvalue weighted by Crippen LogP contribution is 2.33. The van der Waals surface area contributed by atoms with Gasteiger partial charge in [-0.3, -0.25) is 4.79 Å². The monoisotopic (exact) mass is 290 g/mol. The van der Waals surface area contributed by atoms with Gasteiger partial charge >= 0.3 is 12.1 Å². The quantitative estimate of drug-likeness (QED) is 0.923. The van der Waals surface area contributed by atoms with Gasteiger partial charge in [0.2, 0.25) is 5.91 Å². The largest absolute Gasteiger partial charge is 0.478 e. The highest BCUT2D eigenvalue weighted by atomic mass is 19.4. The topological polar surface area (TPSA) is 62.5 Å². The number of aromatic nitrogens is 1. The number of carboxylic acids is 1. The fourth-order valence-electron chi connectivity index (χ4n) is 2.30. The molecule has 0 bridgehead atoms. The van der Waals surface area contributed by atoms with Gasteiger partial charge in [-0.05, 0) is 18.9 Å². The molecule has 1 amide bonds. The second-order valence-corrected chi connectivity index (χ2v) is 4.60. The van der Waals surface area contributed by atoms with E-state index in [0.29, 0.717) is 17.7 Å². The van der Waals surface area contributed by atoms with E-state index < -0.39 is 35.9 Å². The van der Waals surface area contributed by atoms with Crippen LogP contribution in [0.5, 0.6) is 0 Å². The van der Waals surface area contributed by atoms with Gasteiger partial charge in [0.1, 0.15) is 12.2 Å². The third-order valence-corrected chi connectivity index (χ3v) is 3.23. The zero-order valence-electron chi connectivity index (χ0n) is 10.5. The van der Waals surface area contributed by atoms with Crippen LogP contribution in [0.1, 0.15) is 28.9 Å². The second-order valence-electron chi connectivity index (χ2n) is 4.60. The Labute approximate surface area is 112 Å². The fraction of sp³-hybridized carbons (Fsp3) is 0.500. The maximum absolute atomic E-state index is 12.9. The van der Waals surface area contributed by atoms with Crippen LogP contribution in [-0.2, 0) is 17.5 Å². The van der Waals surface area contributed by atoms with Crippen molar-refractivity contribution in [3.63, 3.8) is 0 Å². The summed E-state index contributed by atoms with van der Waals surface area (Å²) in [7, 11) is 0. The van der Waals surface area contributed by atoms with Crippen molar-refractivity contribution in [3.8, 4) is 0 Å². The van der Waals surface area contributed by atoms with Crippen LogP contribution in [0.25, 0.3) is 0 Å². The van der Waals surface area contributed by atoms with Crippen LogP contribution in [0.4, 0.5) is 13.2 Å². The van der Waals surface area contributed by atoms with Gasteiger partial charge in [-0.15, -0.1) is 0 Å². The SMILES string of the molecule is O=C(O)c1ccn(CC(=O)N2CCCC2)c1C(F)(F)F. The molecular weight excluding hydrogens is 277 g/mol. The summed E-state index contributed by atoms with van der Waals surface area (Å²) in [6.45, 7) is 0.572. The first-order valence-electron chi connectivity index (χ1n) is 6.08. The molecule has 1 saturated heterocycles. The highest BCUT2D eigenvalue weighted by Gasteiger charge is 2.39. The van der Waals surface area contributed by atoms with E-state index in [9.17, 15) is 22.8 Å². The van der Waals surface area contributed by atoms with Crippen LogP contribution in [0, 0.1) is 0 Å². The molecule has 1 fully saturated rings. The minimum absolute atomic E-state index is 0.430. The summed E-state index contributed by atoms with van der Waals surface area (Å²) in [5, 5.41) is 8.78. The molecule has 5 nitrogen and oxygen atoms in total. The third kappa shape index (κ3) is 2.78. The summed E-state index contributed by atoms with van der Waals surface area (Å²) in [6.07, 6.45) is -2.16. The Morgan fingerprint density at radius 1 is 1.25 bits per heavy atom.